The normalized spacial score (nSPS) is 20.0. The molecule has 2 rings (SSSR count). The quantitative estimate of drug-likeness (QED) is 0.665. The van der Waals surface area contributed by atoms with Crippen LogP contribution in [0.5, 0.6) is 0 Å². The van der Waals surface area contributed by atoms with Crippen molar-refractivity contribution in [3.8, 4) is 0 Å². The van der Waals surface area contributed by atoms with Crippen LogP contribution in [0.2, 0.25) is 5.02 Å². The van der Waals surface area contributed by atoms with Gasteiger partial charge in [0.2, 0.25) is 0 Å². The van der Waals surface area contributed by atoms with Crippen LogP contribution < -0.4 is 11.2 Å². The molecule has 3 nitrogen and oxygen atoms in total. The number of nitrogens with two attached hydrogens (primary N) is 1. The first-order chi connectivity index (χ1) is 9.97. The Morgan fingerprint density at radius 2 is 1.48 bits per heavy atom. The third-order valence-corrected chi connectivity index (χ3v) is 5.32. The molecular formula is C16H25BClNO2. The number of benzene rings is 1. The van der Waals surface area contributed by atoms with Crippen molar-refractivity contribution in [2.75, 3.05) is 5.73 Å². The molecule has 116 valence electrons. The number of hydrogen-bond donors (Lipinski definition) is 1. The minimum atomic E-state index is -0.441. The van der Waals surface area contributed by atoms with E-state index < -0.39 is 7.12 Å². The Balaban J connectivity index is 2.44. The van der Waals surface area contributed by atoms with E-state index in [1.165, 1.54) is 0 Å². The topological polar surface area (TPSA) is 44.5 Å². The molecule has 2 N–H and O–H groups in total. The summed E-state index contributed by atoms with van der Waals surface area (Å²) in [7, 11) is -0.441. The zero-order chi connectivity index (χ0) is 15.7. The standard InChI is InChI=1S/C16H25BClNO2/c1-5-15(6-2)16(7-3,8-4)21-17(20-15)13-11-12(18)9-10-14(13)19/h9-11H,5-8,19H2,1-4H3. The van der Waals surface area contributed by atoms with Gasteiger partial charge in [0, 0.05) is 16.2 Å². The Bertz CT molecular complexity index is 481. The van der Waals surface area contributed by atoms with Crippen molar-refractivity contribution in [3.63, 3.8) is 0 Å². The third-order valence-electron chi connectivity index (χ3n) is 5.08. The van der Waals surface area contributed by atoms with E-state index in [1.54, 1.807) is 6.07 Å². The molecule has 0 unspecified atom stereocenters. The Labute approximate surface area is 133 Å². The molecule has 0 radical (unpaired) electrons. The molecule has 1 aliphatic rings. The first kappa shape index (κ1) is 16.7. The summed E-state index contributed by atoms with van der Waals surface area (Å²) >= 11 is 6.11. The Kier molecular flexibility index (Phi) is 4.91. The predicted molar refractivity (Wildman–Crippen MR) is 90.0 cm³/mol. The van der Waals surface area contributed by atoms with Crippen molar-refractivity contribution < 1.29 is 9.31 Å². The van der Waals surface area contributed by atoms with Gasteiger partial charge in [0.1, 0.15) is 0 Å². The Hall–Kier alpha value is -0.705. The number of halogens is 1. The zero-order valence-electron chi connectivity index (χ0n) is 13.4. The van der Waals surface area contributed by atoms with Crippen molar-refractivity contribution in [1.29, 1.82) is 0 Å². The van der Waals surface area contributed by atoms with Crippen LogP contribution in [-0.2, 0) is 9.31 Å². The molecule has 1 heterocycles. The molecule has 0 aliphatic carbocycles. The van der Waals surface area contributed by atoms with Crippen LogP contribution in [0.25, 0.3) is 0 Å². The van der Waals surface area contributed by atoms with Crippen LogP contribution in [0.1, 0.15) is 53.4 Å². The predicted octanol–water partition coefficient (Wildman–Crippen LogP) is 3.78. The average molecular weight is 310 g/mol. The van der Waals surface area contributed by atoms with Gasteiger partial charge in [-0.05, 0) is 43.9 Å². The lowest BCUT2D eigenvalue weighted by atomic mass is 9.75. The summed E-state index contributed by atoms with van der Waals surface area (Å²) in [5, 5.41) is 0.649. The fourth-order valence-corrected chi connectivity index (χ4v) is 3.83. The maximum Gasteiger partial charge on any atom is 0.497 e. The molecule has 5 heteroatoms. The Morgan fingerprint density at radius 1 is 1.00 bits per heavy atom. The molecule has 1 aromatic carbocycles. The van der Waals surface area contributed by atoms with E-state index >= 15 is 0 Å². The number of rotatable bonds is 5. The molecule has 0 amide bonds. The van der Waals surface area contributed by atoms with Gasteiger partial charge in [0.15, 0.2) is 0 Å². The van der Waals surface area contributed by atoms with Crippen molar-refractivity contribution in [1.82, 2.24) is 0 Å². The molecule has 0 saturated carbocycles. The minimum absolute atomic E-state index is 0.268. The van der Waals surface area contributed by atoms with E-state index in [1.807, 2.05) is 12.1 Å². The van der Waals surface area contributed by atoms with Crippen LogP contribution >= 0.6 is 11.6 Å². The molecule has 0 aromatic heterocycles. The maximum absolute atomic E-state index is 6.41. The first-order valence-electron chi connectivity index (χ1n) is 7.88. The lowest BCUT2D eigenvalue weighted by Gasteiger charge is -2.42. The first-order valence-corrected chi connectivity index (χ1v) is 8.25. The van der Waals surface area contributed by atoms with E-state index in [-0.39, 0.29) is 11.2 Å². The largest absolute Gasteiger partial charge is 0.497 e. The monoisotopic (exact) mass is 309 g/mol. The molecule has 1 saturated heterocycles. The average Bonchev–Trinajstić information content (AvgIpc) is 2.85. The molecule has 0 atom stereocenters. The second kappa shape index (κ2) is 6.19. The van der Waals surface area contributed by atoms with Crippen molar-refractivity contribution in [2.24, 2.45) is 0 Å². The van der Waals surface area contributed by atoms with Gasteiger partial charge in [-0.3, -0.25) is 0 Å². The fourth-order valence-electron chi connectivity index (χ4n) is 3.65. The minimum Gasteiger partial charge on any atom is -0.399 e. The van der Waals surface area contributed by atoms with Crippen LogP contribution in [0.3, 0.4) is 0 Å². The van der Waals surface area contributed by atoms with Gasteiger partial charge in [-0.1, -0.05) is 39.3 Å². The van der Waals surface area contributed by atoms with Crippen LogP contribution in [0.4, 0.5) is 5.69 Å². The second-order valence-electron chi connectivity index (χ2n) is 5.74. The molecule has 1 aromatic rings. The number of nitrogen functional groups attached to an aromatic ring is 1. The van der Waals surface area contributed by atoms with Crippen molar-refractivity contribution in [3.05, 3.63) is 23.2 Å². The van der Waals surface area contributed by atoms with Gasteiger partial charge in [-0.15, -0.1) is 0 Å². The number of hydrogen-bond acceptors (Lipinski definition) is 3. The van der Waals surface area contributed by atoms with E-state index in [4.69, 9.17) is 26.6 Å². The Morgan fingerprint density at radius 3 is 1.90 bits per heavy atom. The van der Waals surface area contributed by atoms with Gasteiger partial charge in [-0.2, -0.15) is 0 Å². The summed E-state index contributed by atoms with van der Waals surface area (Å²) in [6.07, 6.45) is 3.68. The molecule has 1 aliphatic heterocycles. The summed E-state index contributed by atoms with van der Waals surface area (Å²) in [4.78, 5) is 0. The zero-order valence-corrected chi connectivity index (χ0v) is 14.2. The van der Waals surface area contributed by atoms with Crippen LogP contribution in [-0.4, -0.2) is 18.3 Å². The third kappa shape index (κ3) is 2.58. The van der Waals surface area contributed by atoms with Gasteiger partial charge >= 0.3 is 7.12 Å². The maximum atomic E-state index is 6.41. The summed E-state index contributed by atoms with van der Waals surface area (Å²) in [6.45, 7) is 8.65. The highest BCUT2D eigenvalue weighted by molar-refractivity contribution is 6.64. The van der Waals surface area contributed by atoms with Crippen LogP contribution in [0, 0.1) is 0 Å². The van der Waals surface area contributed by atoms with Crippen molar-refractivity contribution >= 4 is 29.9 Å². The highest BCUT2D eigenvalue weighted by Gasteiger charge is 2.58. The lowest BCUT2D eigenvalue weighted by Crippen LogP contribution is -2.50. The molecule has 21 heavy (non-hydrogen) atoms. The van der Waals surface area contributed by atoms with Crippen LogP contribution in [0.15, 0.2) is 18.2 Å². The SMILES string of the molecule is CCC1(CC)OB(c2cc(Cl)ccc2N)OC1(CC)CC. The second-order valence-corrected chi connectivity index (χ2v) is 6.18. The van der Waals surface area contributed by atoms with E-state index in [9.17, 15) is 0 Å². The van der Waals surface area contributed by atoms with Gasteiger partial charge in [0.25, 0.3) is 0 Å². The smallest absolute Gasteiger partial charge is 0.399 e. The molecule has 1 fully saturated rings. The van der Waals surface area contributed by atoms with Gasteiger partial charge in [-0.25, -0.2) is 0 Å². The lowest BCUT2D eigenvalue weighted by molar-refractivity contribution is -0.0601. The molecule has 0 bridgehead atoms. The van der Waals surface area contributed by atoms with Gasteiger partial charge in [0.05, 0.1) is 11.2 Å². The number of anilines is 1. The summed E-state index contributed by atoms with van der Waals surface area (Å²) in [5.74, 6) is 0. The van der Waals surface area contributed by atoms with E-state index in [0.717, 1.165) is 31.1 Å². The van der Waals surface area contributed by atoms with E-state index in [2.05, 4.69) is 27.7 Å². The highest BCUT2D eigenvalue weighted by atomic mass is 35.5. The summed E-state index contributed by atoms with van der Waals surface area (Å²) in [6, 6.07) is 5.44. The van der Waals surface area contributed by atoms with Crippen molar-refractivity contribution in [2.45, 2.75) is 64.6 Å². The molecular weight excluding hydrogens is 284 g/mol. The summed E-state index contributed by atoms with van der Waals surface area (Å²) < 4.78 is 12.8. The summed E-state index contributed by atoms with van der Waals surface area (Å²) in [5.41, 5.74) is 7.05. The highest BCUT2D eigenvalue weighted by Crippen LogP contribution is 2.47. The van der Waals surface area contributed by atoms with Gasteiger partial charge < -0.3 is 15.0 Å². The van der Waals surface area contributed by atoms with E-state index in [0.29, 0.717) is 10.7 Å². The molecule has 0 spiro atoms. The fraction of sp³-hybridized carbons (Fsp3) is 0.625.